The normalized spacial score (nSPS) is 13.8. The van der Waals surface area contributed by atoms with Crippen LogP contribution in [0.3, 0.4) is 0 Å². The van der Waals surface area contributed by atoms with Gasteiger partial charge < -0.3 is 40.1 Å². The van der Waals surface area contributed by atoms with Gasteiger partial charge in [-0.25, -0.2) is 14.4 Å². The number of methoxy groups -OCH3 is 1. The van der Waals surface area contributed by atoms with Crippen molar-refractivity contribution in [1.29, 1.82) is 0 Å². The number of carbonyl (C=O) groups excluding carboxylic acids is 1. The number of benzene rings is 2. The molecule has 0 fully saturated rings. The summed E-state index contributed by atoms with van der Waals surface area (Å²) in [7, 11) is 1.34. The van der Waals surface area contributed by atoms with Gasteiger partial charge in [0.1, 0.15) is 0 Å². The van der Waals surface area contributed by atoms with Crippen LogP contribution in [-0.2, 0) is 25.5 Å². The van der Waals surface area contributed by atoms with E-state index in [2.05, 4.69) is 0 Å². The van der Waals surface area contributed by atoms with Gasteiger partial charge in [-0.1, -0.05) is 12.1 Å². The molecular formula is C21H20O11. The van der Waals surface area contributed by atoms with Crippen LogP contribution in [0, 0.1) is 0 Å². The summed E-state index contributed by atoms with van der Waals surface area (Å²) in [6.45, 7) is 0. The number of aliphatic hydroxyl groups is 1. The van der Waals surface area contributed by atoms with E-state index >= 15 is 0 Å². The molecule has 0 saturated heterocycles. The van der Waals surface area contributed by atoms with Crippen molar-refractivity contribution in [2.45, 2.75) is 18.1 Å². The van der Waals surface area contributed by atoms with Crippen molar-refractivity contribution in [3.05, 3.63) is 53.6 Å². The van der Waals surface area contributed by atoms with Crippen LogP contribution in [0.5, 0.6) is 23.0 Å². The van der Waals surface area contributed by atoms with E-state index in [1.54, 1.807) is 0 Å². The van der Waals surface area contributed by atoms with Crippen molar-refractivity contribution in [2.24, 2.45) is 0 Å². The van der Waals surface area contributed by atoms with Gasteiger partial charge in [0, 0.05) is 12.5 Å². The van der Waals surface area contributed by atoms with E-state index in [1.165, 1.54) is 25.3 Å². The second-order valence-corrected chi connectivity index (χ2v) is 6.65. The molecule has 2 aromatic carbocycles. The Balaban J connectivity index is 2.26. The minimum Gasteiger partial charge on any atom is -0.504 e. The summed E-state index contributed by atoms with van der Waals surface area (Å²) >= 11 is 0. The lowest BCUT2D eigenvalue weighted by Gasteiger charge is -2.29. The average molecular weight is 448 g/mol. The van der Waals surface area contributed by atoms with Crippen molar-refractivity contribution in [1.82, 2.24) is 0 Å². The number of hydrogen-bond donors (Lipinski definition) is 6. The maximum atomic E-state index is 12.1. The van der Waals surface area contributed by atoms with Crippen LogP contribution < -0.4 is 4.74 Å². The second kappa shape index (κ2) is 9.71. The van der Waals surface area contributed by atoms with Gasteiger partial charge in [0.15, 0.2) is 23.0 Å². The summed E-state index contributed by atoms with van der Waals surface area (Å²) in [6.07, 6.45) is -1.43. The molecule has 0 aliphatic carbocycles. The number of hydrogen-bond acceptors (Lipinski definition) is 9. The van der Waals surface area contributed by atoms with E-state index in [1.807, 2.05) is 0 Å². The van der Waals surface area contributed by atoms with Gasteiger partial charge in [-0.05, 0) is 41.5 Å². The molecule has 6 N–H and O–H groups in total. The summed E-state index contributed by atoms with van der Waals surface area (Å²) in [5.74, 6) is -6.36. The highest BCUT2D eigenvalue weighted by atomic mass is 16.6. The molecule has 2 aromatic rings. The van der Waals surface area contributed by atoms with E-state index in [4.69, 9.17) is 9.47 Å². The number of phenols is 3. The molecule has 0 spiro atoms. The van der Waals surface area contributed by atoms with Crippen LogP contribution in [0.2, 0.25) is 0 Å². The standard InChI is InChI=1S/C21H20O11/c1-31-16-6-3-11(8-15(16)24)4-7-17(25)32-18(19(26)27)21(30,20(28)29)10-12-2-5-13(22)14(23)9-12/h2-9,18,22-24,30H,10H2,1H3,(H,26,27)(H,28,29). The molecule has 2 rings (SSSR count). The van der Waals surface area contributed by atoms with Crippen molar-refractivity contribution >= 4 is 24.0 Å². The molecule has 0 radical (unpaired) electrons. The number of aromatic hydroxyl groups is 3. The van der Waals surface area contributed by atoms with Gasteiger partial charge in [0.2, 0.25) is 11.7 Å². The molecule has 32 heavy (non-hydrogen) atoms. The molecule has 0 aliphatic heterocycles. The molecule has 2 atom stereocenters. The molecular weight excluding hydrogens is 428 g/mol. The van der Waals surface area contributed by atoms with E-state index in [9.17, 15) is 45.0 Å². The van der Waals surface area contributed by atoms with Crippen LogP contribution in [0.4, 0.5) is 0 Å². The van der Waals surface area contributed by atoms with Crippen LogP contribution >= 0.6 is 0 Å². The van der Waals surface area contributed by atoms with Crippen molar-refractivity contribution < 1.29 is 54.5 Å². The Morgan fingerprint density at radius 2 is 1.69 bits per heavy atom. The minimum absolute atomic E-state index is 0.0447. The number of rotatable bonds is 9. The second-order valence-electron chi connectivity index (χ2n) is 6.65. The van der Waals surface area contributed by atoms with Gasteiger partial charge in [0.05, 0.1) is 7.11 Å². The Bertz CT molecular complexity index is 1060. The quantitative estimate of drug-likeness (QED) is 0.181. The highest BCUT2D eigenvalue weighted by molar-refractivity contribution is 5.93. The van der Waals surface area contributed by atoms with E-state index in [-0.39, 0.29) is 17.1 Å². The summed E-state index contributed by atoms with van der Waals surface area (Å²) < 4.78 is 9.59. The van der Waals surface area contributed by atoms with Gasteiger partial charge in [0.25, 0.3) is 0 Å². The highest BCUT2D eigenvalue weighted by Gasteiger charge is 2.51. The van der Waals surface area contributed by atoms with Gasteiger partial charge in [-0.2, -0.15) is 0 Å². The molecule has 170 valence electrons. The molecule has 0 aromatic heterocycles. The fourth-order valence-electron chi connectivity index (χ4n) is 2.75. The largest absolute Gasteiger partial charge is 0.504 e. The van der Waals surface area contributed by atoms with Crippen LogP contribution in [-0.4, -0.2) is 67.4 Å². The third kappa shape index (κ3) is 5.46. The monoisotopic (exact) mass is 448 g/mol. The lowest BCUT2D eigenvalue weighted by Crippen LogP contribution is -2.56. The van der Waals surface area contributed by atoms with Gasteiger partial charge >= 0.3 is 17.9 Å². The first-order chi connectivity index (χ1) is 15.0. The van der Waals surface area contributed by atoms with Crippen LogP contribution in [0.1, 0.15) is 11.1 Å². The number of carboxylic acid groups (broad SMARTS) is 2. The first kappa shape index (κ1) is 24.0. The Morgan fingerprint density at radius 3 is 2.22 bits per heavy atom. The maximum absolute atomic E-state index is 12.1. The lowest BCUT2D eigenvalue weighted by atomic mass is 9.88. The number of carbonyl (C=O) groups is 3. The third-order valence-corrected chi connectivity index (χ3v) is 4.39. The average Bonchev–Trinajstić information content (AvgIpc) is 2.72. The summed E-state index contributed by atoms with van der Waals surface area (Å²) in [6, 6.07) is 7.24. The SMILES string of the molecule is COc1ccc(C=CC(=O)OC(C(=O)O)C(O)(Cc2ccc(O)c(O)c2)C(=O)O)cc1O. The van der Waals surface area contributed by atoms with Crippen LogP contribution in [0.25, 0.3) is 6.08 Å². The predicted molar refractivity (Wildman–Crippen MR) is 107 cm³/mol. The first-order valence-electron chi connectivity index (χ1n) is 8.93. The lowest BCUT2D eigenvalue weighted by molar-refractivity contribution is -0.192. The van der Waals surface area contributed by atoms with Crippen molar-refractivity contribution in [2.75, 3.05) is 7.11 Å². The zero-order valence-electron chi connectivity index (χ0n) is 16.6. The molecule has 11 heteroatoms. The fraction of sp³-hybridized carbons (Fsp3) is 0.190. The smallest absolute Gasteiger partial charge is 0.348 e. The molecule has 0 amide bonds. The van der Waals surface area contributed by atoms with E-state index < -0.39 is 47.5 Å². The molecule has 11 nitrogen and oxygen atoms in total. The van der Waals surface area contributed by atoms with Gasteiger partial charge in [-0.15, -0.1) is 0 Å². The third-order valence-electron chi connectivity index (χ3n) is 4.39. The Morgan fingerprint density at radius 1 is 1.00 bits per heavy atom. The summed E-state index contributed by atoms with van der Waals surface area (Å²) in [5, 5.41) is 58.1. The topological polar surface area (TPSA) is 191 Å². The summed E-state index contributed by atoms with van der Waals surface area (Å²) in [5.41, 5.74) is -2.83. The Kier molecular flexibility index (Phi) is 7.29. The number of esters is 1. The number of ether oxygens (including phenoxy) is 2. The van der Waals surface area contributed by atoms with Crippen molar-refractivity contribution in [3.63, 3.8) is 0 Å². The van der Waals surface area contributed by atoms with Crippen LogP contribution in [0.15, 0.2) is 42.5 Å². The van der Waals surface area contributed by atoms with E-state index in [0.717, 1.165) is 30.4 Å². The number of carboxylic acids is 2. The molecule has 0 bridgehead atoms. The zero-order valence-corrected chi connectivity index (χ0v) is 16.6. The molecule has 0 saturated carbocycles. The van der Waals surface area contributed by atoms with Gasteiger partial charge in [-0.3, -0.25) is 0 Å². The number of phenolic OH excluding ortho intramolecular Hbond substituents is 3. The zero-order chi connectivity index (χ0) is 24.1. The molecule has 0 aliphatic rings. The Hall–Kier alpha value is -4.25. The Labute approximate surface area is 181 Å². The molecule has 2 unspecified atom stereocenters. The first-order valence-corrected chi connectivity index (χ1v) is 8.93. The fourth-order valence-corrected chi connectivity index (χ4v) is 2.75. The number of aliphatic carboxylic acids is 2. The van der Waals surface area contributed by atoms with E-state index in [0.29, 0.717) is 5.56 Å². The summed E-state index contributed by atoms with van der Waals surface area (Å²) in [4.78, 5) is 35.5. The molecule has 0 heterocycles. The maximum Gasteiger partial charge on any atom is 0.348 e. The predicted octanol–water partition coefficient (Wildman–Crippen LogP) is 0.880. The highest BCUT2D eigenvalue weighted by Crippen LogP contribution is 2.29. The minimum atomic E-state index is -3.10. The van der Waals surface area contributed by atoms with Crippen molar-refractivity contribution in [3.8, 4) is 23.0 Å².